The lowest BCUT2D eigenvalue weighted by atomic mass is 10.2. The summed E-state index contributed by atoms with van der Waals surface area (Å²) < 4.78 is 19.9. The van der Waals surface area contributed by atoms with Gasteiger partial charge in [0, 0.05) is 32.4 Å². The maximum Gasteiger partial charge on any atom is 0.230 e. The molecule has 8 heteroatoms. The van der Waals surface area contributed by atoms with E-state index in [1.54, 1.807) is 25.3 Å². The SMILES string of the molecule is C=CCn1c(SCC(=O)NCCCOC)nnc1-c1ccc(F)cc1. The Hall–Kier alpha value is -2.19. The molecule has 0 saturated carbocycles. The predicted molar refractivity (Wildman–Crippen MR) is 95.8 cm³/mol. The fourth-order valence-corrected chi connectivity index (χ4v) is 2.90. The zero-order chi connectivity index (χ0) is 18.1. The van der Waals surface area contributed by atoms with Crippen molar-refractivity contribution >= 4 is 17.7 Å². The third-order valence-electron chi connectivity index (χ3n) is 3.31. The molecule has 25 heavy (non-hydrogen) atoms. The average molecular weight is 364 g/mol. The lowest BCUT2D eigenvalue weighted by Crippen LogP contribution is -2.27. The molecule has 6 nitrogen and oxygen atoms in total. The highest BCUT2D eigenvalue weighted by Gasteiger charge is 2.14. The second-order valence-electron chi connectivity index (χ2n) is 5.20. The zero-order valence-electron chi connectivity index (χ0n) is 14.1. The van der Waals surface area contributed by atoms with E-state index < -0.39 is 0 Å². The van der Waals surface area contributed by atoms with Gasteiger partial charge in [-0.05, 0) is 30.7 Å². The second-order valence-corrected chi connectivity index (χ2v) is 6.14. The van der Waals surface area contributed by atoms with Gasteiger partial charge in [-0.1, -0.05) is 17.8 Å². The fraction of sp³-hybridized carbons (Fsp3) is 0.353. The first-order valence-corrected chi connectivity index (χ1v) is 8.82. The summed E-state index contributed by atoms with van der Waals surface area (Å²) in [6.07, 6.45) is 2.50. The molecule has 2 aromatic rings. The molecule has 1 amide bonds. The molecule has 0 aliphatic carbocycles. The number of rotatable bonds is 10. The number of allylic oxidation sites excluding steroid dienone is 1. The van der Waals surface area contributed by atoms with Crippen LogP contribution in [0.4, 0.5) is 4.39 Å². The lowest BCUT2D eigenvalue weighted by Gasteiger charge is -2.08. The first-order chi connectivity index (χ1) is 12.2. The van der Waals surface area contributed by atoms with Gasteiger partial charge in [0.1, 0.15) is 5.82 Å². The van der Waals surface area contributed by atoms with Crippen LogP contribution in [0.2, 0.25) is 0 Å². The fourth-order valence-electron chi connectivity index (χ4n) is 2.13. The van der Waals surface area contributed by atoms with Crippen LogP contribution < -0.4 is 5.32 Å². The smallest absolute Gasteiger partial charge is 0.230 e. The first-order valence-electron chi connectivity index (χ1n) is 7.84. The summed E-state index contributed by atoms with van der Waals surface area (Å²) in [6.45, 7) is 5.43. The Labute approximate surface area is 150 Å². The van der Waals surface area contributed by atoms with E-state index in [0.29, 0.717) is 30.7 Å². The van der Waals surface area contributed by atoms with Gasteiger partial charge in [-0.15, -0.1) is 16.8 Å². The Balaban J connectivity index is 2.02. The van der Waals surface area contributed by atoms with Crippen molar-refractivity contribution in [2.24, 2.45) is 0 Å². The van der Waals surface area contributed by atoms with Crippen LogP contribution in [0, 0.1) is 5.82 Å². The minimum Gasteiger partial charge on any atom is -0.385 e. The Bertz CT molecular complexity index is 703. The van der Waals surface area contributed by atoms with E-state index in [9.17, 15) is 9.18 Å². The number of carbonyl (C=O) groups excluding carboxylic acids is 1. The molecular weight excluding hydrogens is 343 g/mol. The summed E-state index contributed by atoms with van der Waals surface area (Å²) in [5, 5.41) is 11.8. The minimum absolute atomic E-state index is 0.0717. The van der Waals surface area contributed by atoms with Gasteiger partial charge in [0.25, 0.3) is 0 Å². The lowest BCUT2D eigenvalue weighted by molar-refractivity contribution is -0.118. The third kappa shape index (κ3) is 5.68. The quantitative estimate of drug-likeness (QED) is 0.399. The number of amides is 1. The van der Waals surface area contributed by atoms with Crippen molar-refractivity contribution in [2.45, 2.75) is 18.1 Å². The number of thioether (sulfide) groups is 1. The number of halogens is 1. The van der Waals surface area contributed by atoms with Crippen molar-refractivity contribution in [3.05, 3.63) is 42.7 Å². The van der Waals surface area contributed by atoms with Gasteiger partial charge in [0.05, 0.1) is 5.75 Å². The number of carbonyl (C=O) groups is 1. The highest BCUT2D eigenvalue weighted by Crippen LogP contribution is 2.24. The Morgan fingerprint density at radius 3 is 2.84 bits per heavy atom. The summed E-state index contributed by atoms with van der Waals surface area (Å²) in [4.78, 5) is 11.9. The van der Waals surface area contributed by atoms with E-state index in [1.807, 2.05) is 4.57 Å². The van der Waals surface area contributed by atoms with Gasteiger partial charge < -0.3 is 10.1 Å². The van der Waals surface area contributed by atoms with Crippen LogP contribution >= 0.6 is 11.8 Å². The molecule has 0 bridgehead atoms. The molecule has 0 fully saturated rings. The minimum atomic E-state index is -0.307. The molecule has 1 aromatic carbocycles. The van der Waals surface area contributed by atoms with E-state index in [0.717, 1.165) is 12.0 Å². The Kier molecular flexibility index (Phi) is 7.62. The van der Waals surface area contributed by atoms with Crippen molar-refractivity contribution in [3.8, 4) is 11.4 Å². The maximum absolute atomic E-state index is 13.1. The standard InChI is InChI=1S/C17H21FN4O2S/c1-3-10-22-16(13-5-7-14(18)8-6-13)20-21-17(22)25-12-15(23)19-9-4-11-24-2/h3,5-8H,1,4,9-12H2,2H3,(H,19,23). The highest BCUT2D eigenvalue weighted by atomic mass is 32.2. The molecule has 0 aliphatic rings. The van der Waals surface area contributed by atoms with E-state index >= 15 is 0 Å². The van der Waals surface area contributed by atoms with Crippen molar-refractivity contribution in [1.29, 1.82) is 0 Å². The number of benzene rings is 1. The topological polar surface area (TPSA) is 69.0 Å². The molecular formula is C17H21FN4O2S. The third-order valence-corrected chi connectivity index (χ3v) is 4.28. The van der Waals surface area contributed by atoms with Crippen LogP contribution in [0.5, 0.6) is 0 Å². The number of nitrogens with one attached hydrogen (secondary N) is 1. The van der Waals surface area contributed by atoms with Crippen molar-refractivity contribution < 1.29 is 13.9 Å². The van der Waals surface area contributed by atoms with Crippen LogP contribution in [-0.4, -0.2) is 46.7 Å². The molecule has 0 unspecified atom stereocenters. The largest absolute Gasteiger partial charge is 0.385 e. The van der Waals surface area contributed by atoms with Gasteiger partial charge in [-0.25, -0.2) is 4.39 Å². The maximum atomic E-state index is 13.1. The molecule has 0 atom stereocenters. The number of aromatic nitrogens is 3. The first kappa shape index (κ1) is 19.1. The molecule has 0 radical (unpaired) electrons. The summed E-state index contributed by atoms with van der Waals surface area (Å²) in [6, 6.07) is 6.05. The van der Waals surface area contributed by atoms with E-state index in [4.69, 9.17) is 4.74 Å². The van der Waals surface area contributed by atoms with Crippen molar-refractivity contribution in [1.82, 2.24) is 20.1 Å². The molecule has 2 rings (SSSR count). The van der Waals surface area contributed by atoms with Crippen molar-refractivity contribution in [3.63, 3.8) is 0 Å². The molecule has 1 heterocycles. The normalized spacial score (nSPS) is 10.6. The van der Waals surface area contributed by atoms with Crippen molar-refractivity contribution in [2.75, 3.05) is 26.0 Å². The molecule has 0 saturated heterocycles. The van der Waals surface area contributed by atoms with Crippen LogP contribution in [0.25, 0.3) is 11.4 Å². The van der Waals surface area contributed by atoms with E-state index in [-0.39, 0.29) is 17.5 Å². The molecule has 1 aromatic heterocycles. The number of ether oxygens (including phenoxy) is 1. The van der Waals surface area contributed by atoms with Gasteiger partial charge in [-0.3, -0.25) is 9.36 Å². The molecule has 0 spiro atoms. The summed E-state index contributed by atoms with van der Waals surface area (Å²) in [5.41, 5.74) is 0.756. The van der Waals surface area contributed by atoms with Crippen LogP contribution in [0.1, 0.15) is 6.42 Å². The van der Waals surface area contributed by atoms with Crippen LogP contribution in [-0.2, 0) is 16.1 Å². The zero-order valence-corrected chi connectivity index (χ0v) is 14.9. The van der Waals surface area contributed by atoms with E-state index in [2.05, 4.69) is 22.1 Å². The average Bonchev–Trinajstić information content (AvgIpc) is 3.01. The molecule has 0 aliphatic heterocycles. The van der Waals surface area contributed by atoms with Gasteiger partial charge in [0.15, 0.2) is 11.0 Å². The van der Waals surface area contributed by atoms with Crippen LogP contribution in [0.3, 0.4) is 0 Å². The summed E-state index contributed by atoms with van der Waals surface area (Å²) in [5.74, 6) is 0.477. The van der Waals surface area contributed by atoms with Gasteiger partial charge >= 0.3 is 0 Å². The Morgan fingerprint density at radius 2 is 2.16 bits per heavy atom. The monoisotopic (exact) mass is 364 g/mol. The Morgan fingerprint density at radius 1 is 1.40 bits per heavy atom. The predicted octanol–water partition coefficient (Wildman–Crippen LogP) is 2.52. The van der Waals surface area contributed by atoms with Crippen LogP contribution in [0.15, 0.2) is 42.1 Å². The number of hydrogen-bond donors (Lipinski definition) is 1. The summed E-state index contributed by atoms with van der Waals surface area (Å²) >= 11 is 1.30. The molecule has 134 valence electrons. The number of nitrogens with zero attached hydrogens (tertiary/aromatic N) is 3. The highest BCUT2D eigenvalue weighted by molar-refractivity contribution is 7.99. The number of hydrogen-bond acceptors (Lipinski definition) is 5. The van der Waals surface area contributed by atoms with E-state index in [1.165, 1.54) is 23.9 Å². The molecule has 1 N–H and O–H groups in total. The number of methoxy groups -OCH3 is 1. The van der Waals surface area contributed by atoms with Gasteiger partial charge in [0.2, 0.25) is 5.91 Å². The van der Waals surface area contributed by atoms with Gasteiger partial charge in [-0.2, -0.15) is 0 Å². The summed E-state index contributed by atoms with van der Waals surface area (Å²) in [7, 11) is 1.63. The second kappa shape index (κ2) is 9.95.